The predicted octanol–water partition coefficient (Wildman–Crippen LogP) is 7.00. The van der Waals surface area contributed by atoms with Crippen LogP contribution in [0, 0.1) is 14.9 Å². The third-order valence-corrected chi connectivity index (χ3v) is 5.87. The summed E-state index contributed by atoms with van der Waals surface area (Å²) in [5.41, 5.74) is 3.05. The molecule has 0 aromatic heterocycles. The lowest BCUT2D eigenvalue weighted by Gasteiger charge is -2.15. The number of halogens is 3. The Morgan fingerprint density at radius 1 is 1.03 bits per heavy atom. The summed E-state index contributed by atoms with van der Waals surface area (Å²) in [6.07, 6.45) is 1.60. The van der Waals surface area contributed by atoms with Gasteiger partial charge in [-0.2, -0.15) is 5.26 Å². The molecule has 3 aromatic carbocycles. The van der Waals surface area contributed by atoms with Gasteiger partial charge in [-0.3, -0.25) is 0 Å². The molecule has 0 aliphatic rings. The third kappa shape index (κ3) is 6.52. The zero-order chi connectivity index (χ0) is 22.9. The fraction of sp³-hybridized carbons (Fsp3) is 0.167. The van der Waals surface area contributed by atoms with Crippen molar-refractivity contribution in [2.75, 3.05) is 6.61 Å². The van der Waals surface area contributed by atoms with Crippen LogP contribution in [0.2, 0.25) is 10.0 Å². The number of hydrogen-bond acceptors (Lipinski definition) is 5. The topological polar surface area (TPSA) is 63.8 Å². The molecule has 0 saturated heterocycles. The minimum absolute atomic E-state index is 0.209. The van der Waals surface area contributed by atoms with E-state index in [4.69, 9.17) is 42.8 Å². The highest BCUT2D eigenvalue weighted by Crippen LogP contribution is 2.35. The minimum atomic E-state index is 0.209. The SMILES string of the molecule is CCOc1cc(/C=N\OCc2ccccc2C#N)cc(I)c1OCc1ccc(Cl)c(Cl)c1. The maximum atomic E-state index is 9.15. The highest BCUT2D eigenvalue weighted by molar-refractivity contribution is 14.1. The van der Waals surface area contributed by atoms with Crippen LogP contribution in [0.25, 0.3) is 0 Å². The smallest absolute Gasteiger partial charge is 0.175 e. The van der Waals surface area contributed by atoms with E-state index in [0.717, 1.165) is 20.3 Å². The molecular formula is C24H19Cl2IN2O3. The van der Waals surface area contributed by atoms with Crippen LogP contribution in [0.4, 0.5) is 0 Å². The van der Waals surface area contributed by atoms with Crippen LogP contribution in [0.5, 0.6) is 11.5 Å². The maximum Gasteiger partial charge on any atom is 0.175 e. The summed E-state index contributed by atoms with van der Waals surface area (Å²) in [6, 6.07) is 18.5. The quantitative estimate of drug-likeness (QED) is 0.155. The van der Waals surface area contributed by atoms with Gasteiger partial charge in [0, 0.05) is 11.1 Å². The first-order chi connectivity index (χ1) is 15.5. The molecule has 0 amide bonds. The summed E-state index contributed by atoms with van der Waals surface area (Å²) in [6.45, 7) is 2.93. The average molecular weight is 581 g/mol. The Kier molecular flexibility index (Phi) is 9.03. The molecule has 0 bridgehead atoms. The largest absolute Gasteiger partial charge is 0.490 e. The van der Waals surface area contributed by atoms with E-state index >= 15 is 0 Å². The molecule has 0 spiro atoms. The third-order valence-electron chi connectivity index (χ3n) is 4.33. The van der Waals surface area contributed by atoms with E-state index in [1.165, 1.54) is 0 Å². The van der Waals surface area contributed by atoms with E-state index < -0.39 is 0 Å². The van der Waals surface area contributed by atoms with Crippen molar-refractivity contribution in [1.29, 1.82) is 5.26 Å². The van der Waals surface area contributed by atoms with E-state index in [9.17, 15) is 0 Å². The molecule has 0 fully saturated rings. The first-order valence-corrected chi connectivity index (χ1v) is 11.5. The first kappa shape index (κ1) is 24.2. The number of rotatable bonds is 9. The lowest BCUT2D eigenvalue weighted by Crippen LogP contribution is -2.02. The van der Waals surface area contributed by atoms with Gasteiger partial charge in [0.15, 0.2) is 11.5 Å². The molecule has 0 saturated carbocycles. The Morgan fingerprint density at radius 3 is 2.59 bits per heavy atom. The zero-order valence-corrected chi connectivity index (χ0v) is 20.8. The van der Waals surface area contributed by atoms with Crippen molar-refractivity contribution in [2.45, 2.75) is 20.1 Å². The van der Waals surface area contributed by atoms with Gasteiger partial charge in [-0.25, -0.2) is 0 Å². The summed E-state index contributed by atoms with van der Waals surface area (Å²) >= 11 is 14.3. The number of ether oxygens (including phenoxy) is 2. The standard InChI is InChI=1S/C24H19Cl2IN2O3/c1-2-30-23-11-17(13-29-32-15-19-6-4-3-5-18(19)12-28)10-22(27)24(23)31-14-16-7-8-20(25)21(26)9-16/h3-11,13H,2,14-15H2,1H3/b29-13-. The van der Waals surface area contributed by atoms with E-state index in [1.807, 2.05) is 43.3 Å². The van der Waals surface area contributed by atoms with Crippen LogP contribution in [-0.4, -0.2) is 12.8 Å². The van der Waals surface area contributed by atoms with E-state index in [0.29, 0.717) is 40.3 Å². The summed E-state index contributed by atoms with van der Waals surface area (Å²) < 4.78 is 12.7. The summed E-state index contributed by atoms with van der Waals surface area (Å²) in [5, 5.41) is 14.2. The average Bonchev–Trinajstić information content (AvgIpc) is 2.79. The Bertz CT molecular complexity index is 1160. The molecule has 0 unspecified atom stereocenters. The van der Waals surface area contributed by atoms with Crippen LogP contribution in [0.1, 0.15) is 29.2 Å². The maximum absolute atomic E-state index is 9.15. The summed E-state index contributed by atoms with van der Waals surface area (Å²) in [5.74, 6) is 1.25. The van der Waals surface area contributed by atoms with Crippen molar-refractivity contribution in [1.82, 2.24) is 0 Å². The van der Waals surface area contributed by atoms with Crippen LogP contribution in [-0.2, 0) is 18.1 Å². The molecule has 0 aliphatic heterocycles. The second kappa shape index (κ2) is 12.0. The summed E-state index contributed by atoms with van der Waals surface area (Å²) in [7, 11) is 0. The van der Waals surface area contributed by atoms with Gasteiger partial charge in [0.25, 0.3) is 0 Å². The number of oxime groups is 1. The molecule has 0 heterocycles. The Morgan fingerprint density at radius 2 is 1.84 bits per heavy atom. The molecular weight excluding hydrogens is 562 g/mol. The molecule has 0 radical (unpaired) electrons. The Hall–Kier alpha value is -2.47. The van der Waals surface area contributed by atoms with Crippen molar-refractivity contribution in [3.05, 3.63) is 90.5 Å². The van der Waals surface area contributed by atoms with E-state index in [1.54, 1.807) is 24.4 Å². The van der Waals surface area contributed by atoms with Gasteiger partial charge in [0.05, 0.1) is 38.1 Å². The zero-order valence-electron chi connectivity index (χ0n) is 17.1. The molecule has 8 heteroatoms. The second-order valence-corrected chi connectivity index (χ2v) is 8.55. The Balaban J connectivity index is 1.70. The second-order valence-electron chi connectivity index (χ2n) is 6.58. The lowest BCUT2D eigenvalue weighted by molar-refractivity contribution is 0.132. The molecule has 164 valence electrons. The molecule has 5 nitrogen and oxygen atoms in total. The van der Waals surface area contributed by atoms with Crippen LogP contribution in [0.3, 0.4) is 0 Å². The molecule has 0 atom stereocenters. The van der Waals surface area contributed by atoms with Crippen LogP contribution < -0.4 is 9.47 Å². The van der Waals surface area contributed by atoms with Gasteiger partial charge < -0.3 is 14.3 Å². The van der Waals surface area contributed by atoms with E-state index in [2.05, 4.69) is 33.8 Å². The van der Waals surface area contributed by atoms with Gasteiger partial charge in [-0.1, -0.05) is 52.6 Å². The van der Waals surface area contributed by atoms with Gasteiger partial charge >= 0.3 is 0 Å². The lowest BCUT2D eigenvalue weighted by atomic mass is 10.1. The van der Waals surface area contributed by atoms with Gasteiger partial charge in [0.1, 0.15) is 13.2 Å². The molecule has 0 aliphatic carbocycles. The monoisotopic (exact) mass is 580 g/mol. The first-order valence-electron chi connectivity index (χ1n) is 9.68. The number of hydrogen-bond donors (Lipinski definition) is 0. The van der Waals surface area contributed by atoms with Gasteiger partial charge in [0.2, 0.25) is 0 Å². The predicted molar refractivity (Wildman–Crippen MR) is 135 cm³/mol. The normalized spacial score (nSPS) is 10.7. The van der Waals surface area contributed by atoms with Crippen molar-refractivity contribution in [3.8, 4) is 17.6 Å². The molecule has 3 rings (SSSR count). The fourth-order valence-corrected chi connectivity index (χ4v) is 3.91. The highest BCUT2D eigenvalue weighted by atomic mass is 127. The van der Waals surface area contributed by atoms with Crippen molar-refractivity contribution in [3.63, 3.8) is 0 Å². The van der Waals surface area contributed by atoms with Gasteiger partial charge in [-0.15, -0.1) is 0 Å². The molecule has 32 heavy (non-hydrogen) atoms. The molecule has 3 aromatic rings. The number of nitrogens with zero attached hydrogens (tertiary/aromatic N) is 2. The van der Waals surface area contributed by atoms with E-state index in [-0.39, 0.29) is 6.61 Å². The molecule has 0 N–H and O–H groups in total. The minimum Gasteiger partial charge on any atom is -0.490 e. The van der Waals surface area contributed by atoms with Crippen LogP contribution >= 0.6 is 45.8 Å². The van der Waals surface area contributed by atoms with Gasteiger partial charge in [-0.05, 0) is 65.4 Å². The van der Waals surface area contributed by atoms with Crippen molar-refractivity contribution >= 4 is 52.0 Å². The highest BCUT2D eigenvalue weighted by Gasteiger charge is 2.13. The fourth-order valence-electron chi connectivity index (χ4n) is 2.81. The summed E-state index contributed by atoms with van der Waals surface area (Å²) in [4.78, 5) is 5.38. The van der Waals surface area contributed by atoms with Crippen molar-refractivity contribution in [2.24, 2.45) is 5.16 Å². The number of nitriles is 1. The van der Waals surface area contributed by atoms with Crippen molar-refractivity contribution < 1.29 is 14.3 Å². The Labute approximate surface area is 210 Å². The van der Waals surface area contributed by atoms with Crippen LogP contribution in [0.15, 0.2) is 59.8 Å². The number of benzene rings is 3.